The van der Waals surface area contributed by atoms with Crippen LogP contribution in [0.15, 0.2) is 12.1 Å². The van der Waals surface area contributed by atoms with Crippen molar-refractivity contribution in [1.82, 2.24) is 5.32 Å². The molecule has 4 atom stereocenters. The summed E-state index contributed by atoms with van der Waals surface area (Å²) >= 11 is 0. The lowest BCUT2D eigenvalue weighted by Gasteiger charge is -2.31. The van der Waals surface area contributed by atoms with E-state index in [0.29, 0.717) is 19.2 Å². The monoisotopic (exact) mass is 403 g/mol. The normalized spacial score (nSPS) is 25.3. The Morgan fingerprint density at radius 3 is 2.10 bits per heavy atom. The van der Waals surface area contributed by atoms with Crippen LogP contribution in [0.25, 0.3) is 0 Å². The van der Waals surface area contributed by atoms with E-state index in [1.165, 1.54) is 25.7 Å². The number of nitrogens with one attached hydrogen (secondary N) is 1. The second-order valence-corrected chi connectivity index (χ2v) is 11.2. The Hall–Kier alpha value is -1.26. The third kappa shape index (κ3) is 5.27. The van der Waals surface area contributed by atoms with Crippen molar-refractivity contribution in [2.24, 2.45) is 11.8 Å². The van der Waals surface area contributed by atoms with E-state index in [2.05, 4.69) is 59.0 Å². The Morgan fingerprint density at radius 1 is 1.03 bits per heavy atom. The zero-order chi connectivity index (χ0) is 21.4. The molecule has 0 aliphatic heterocycles. The second-order valence-electron chi connectivity index (χ2n) is 11.2. The second kappa shape index (κ2) is 8.47. The van der Waals surface area contributed by atoms with Crippen molar-refractivity contribution in [2.75, 3.05) is 20.3 Å². The molecule has 0 amide bonds. The van der Waals surface area contributed by atoms with E-state index < -0.39 is 6.10 Å². The summed E-state index contributed by atoms with van der Waals surface area (Å²) < 4.78 is 11.9. The van der Waals surface area contributed by atoms with Crippen LogP contribution >= 0.6 is 0 Å². The van der Waals surface area contributed by atoms with E-state index in [1.807, 2.05) is 0 Å². The molecule has 2 bridgehead atoms. The maximum atomic E-state index is 10.6. The highest BCUT2D eigenvalue weighted by molar-refractivity contribution is 5.52. The van der Waals surface area contributed by atoms with Gasteiger partial charge in [0.25, 0.3) is 0 Å². The summed E-state index contributed by atoms with van der Waals surface area (Å²) in [5, 5.41) is 14.2. The molecule has 29 heavy (non-hydrogen) atoms. The molecule has 4 nitrogen and oxygen atoms in total. The van der Waals surface area contributed by atoms with Crippen molar-refractivity contribution in [3.05, 3.63) is 23.3 Å². The molecule has 2 N–H and O–H groups in total. The number of ether oxygens (including phenoxy) is 2. The first kappa shape index (κ1) is 22.4. The van der Waals surface area contributed by atoms with E-state index in [9.17, 15) is 5.11 Å². The van der Waals surface area contributed by atoms with Crippen LogP contribution in [0.3, 0.4) is 0 Å². The largest absolute Gasteiger partial charge is 0.497 e. The van der Waals surface area contributed by atoms with Crippen molar-refractivity contribution in [3.8, 4) is 11.5 Å². The summed E-state index contributed by atoms with van der Waals surface area (Å²) in [6, 6.07) is 4.73. The van der Waals surface area contributed by atoms with Gasteiger partial charge in [-0.05, 0) is 54.1 Å². The molecular formula is C25H41NO3. The predicted molar refractivity (Wildman–Crippen MR) is 119 cm³/mol. The smallest absolute Gasteiger partial charge is 0.127 e. The Kier molecular flexibility index (Phi) is 6.55. The molecule has 2 fully saturated rings. The number of rotatable bonds is 7. The maximum Gasteiger partial charge on any atom is 0.127 e. The average Bonchev–Trinajstić information content (AvgIpc) is 3.25. The third-order valence-electron chi connectivity index (χ3n) is 6.69. The fourth-order valence-corrected chi connectivity index (χ4v) is 5.01. The van der Waals surface area contributed by atoms with E-state index in [1.54, 1.807) is 7.11 Å². The van der Waals surface area contributed by atoms with Crippen molar-refractivity contribution in [3.63, 3.8) is 0 Å². The van der Waals surface area contributed by atoms with Crippen molar-refractivity contribution >= 4 is 0 Å². The summed E-state index contributed by atoms with van der Waals surface area (Å²) in [6.45, 7) is 14.0. The highest BCUT2D eigenvalue weighted by Crippen LogP contribution is 2.45. The third-order valence-corrected chi connectivity index (χ3v) is 6.69. The Labute approximate surface area is 177 Å². The van der Waals surface area contributed by atoms with Gasteiger partial charge in [0.2, 0.25) is 0 Å². The van der Waals surface area contributed by atoms with Crippen LogP contribution in [0, 0.1) is 11.8 Å². The molecule has 2 aliphatic rings. The van der Waals surface area contributed by atoms with Gasteiger partial charge >= 0.3 is 0 Å². The SMILES string of the molecule is COc1cc(C(C)(C)C)c(OCC(O)CNC2C[C@@H]3CC[C@H]2C3)c(C(C)(C)C)c1. The first-order chi connectivity index (χ1) is 13.5. The van der Waals surface area contributed by atoms with Gasteiger partial charge in [0, 0.05) is 23.7 Å². The maximum absolute atomic E-state index is 10.6. The molecule has 2 aliphatic carbocycles. The highest BCUT2D eigenvalue weighted by atomic mass is 16.5. The number of hydrogen-bond acceptors (Lipinski definition) is 4. The van der Waals surface area contributed by atoms with Crippen LogP contribution in [0.2, 0.25) is 0 Å². The van der Waals surface area contributed by atoms with E-state index in [4.69, 9.17) is 9.47 Å². The lowest BCUT2D eigenvalue weighted by Crippen LogP contribution is -2.40. The lowest BCUT2D eigenvalue weighted by molar-refractivity contribution is 0.0987. The minimum Gasteiger partial charge on any atom is -0.497 e. The van der Waals surface area contributed by atoms with E-state index in [-0.39, 0.29) is 10.8 Å². The van der Waals surface area contributed by atoms with Gasteiger partial charge in [0.15, 0.2) is 0 Å². The topological polar surface area (TPSA) is 50.7 Å². The van der Waals surface area contributed by atoms with Crippen molar-refractivity contribution in [2.45, 2.75) is 90.2 Å². The van der Waals surface area contributed by atoms with Gasteiger partial charge in [-0.15, -0.1) is 0 Å². The van der Waals surface area contributed by atoms with E-state index >= 15 is 0 Å². The molecule has 1 aromatic rings. The Balaban J connectivity index is 1.71. The average molecular weight is 404 g/mol. The molecule has 164 valence electrons. The standard InChI is InChI=1S/C25H41NO3/c1-24(2,3)20-12-19(28-7)13-21(25(4,5)6)23(20)29-15-18(27)14-26-22-11-16-8-9-17(22)10-16/h12-13,16-18,22,26-27H,8-11,14-15H2,1-7H3/t16-,17+,18?,22?/m1/s1. The molecule has 1 aromatic carbocycles. The van der Waals surface area contributed by atoms with Gasteiger partial charge in [-0.2, -0.15) is 0 Å². The van der Waals surface area contributed by atoms with Gasteiger partial charge in [0.1, 0.15) is 24.2 Å². The van der Waals surface area contributed by atoms with Gasteiger partial charge in [-0.25, -0.2) is 0 Å². The molecule has 0 heterocycles. The molecule has 0 saturated heterocycles. The van der Waals surface area contributed by atoms with Crippen LogP contribution in [0.5, 0.6) is 11.5 Å². The van der Waals surface area contributed by atoms with Crippen molar-refractivity contribution < 1.29 is 14.6 Å². The van der Waals surface area contributed by atoms with Gasteiger partial charge in [-0.3, -0.25) is 0 Å². The molecule has 0 radical (unpaired) electrons. The summed E-state index contributed by atoms with van der Waals surface area (Å²) in [4.78, 5) is 0. The van der Waals surface area contributed by atoms with Gasteiger partial charge in [-0.1, -0.05) is 48.0 Å². The number of benzene rings is 1. The molecule has 3 rings (SSSR count). The Morgan fingerprint density at radius 2 is 1.66 bits per heavy atom. The number of hydrogen-bond donors (Lipinski definition) is 2. The van der Waals surface area contributed by atoms with Gasteiger partial charge < -0.3 is 19.9 Å². The molecule has 2 saturated carbocycles. The minimum atomic E-state index is -0.517. The number of aliphatic hydroxyl groups is 1. The Bertz CT molecular complexity index is 666. The first-order valence-corrected chi connectivity index (χ1v) is 11.3. The van der Waals surface area contributed by atoms with Gasteiger partial charge in [0.05, 0.1) is 7.11 Å². The fourth-order valence-electron chi connectivity index (χ4n) is 5.01. The zero-order valence-electron chi connectivity index (χ0n) is 19.5. The molecule has 2 unspecified atom stereocenters. The quantitative estimate of drug-likeness (QED) is 0.686. The van der Waals surface area contributed by atoms with Crippen LogP contribution in [-0.2, 0) is 10.8 Å². The fraction of sp³-hybridized carbons (Fsp3) is 0.760. The zero-order valence-corrected chi connectivity index (χ0v) is 19.5. The molecular weight excluding hydrogens is 362 g/mol. The van der Waals surface area contributed by atoms with Crippen LogP contribution in [-0.4, -0.2) is 37.5 Å². The molecule has 0 aromatic heterocycles. The summed E-state index contributed by atoms with van der Waals surface area (Å²) in [6.07, 6.45) is 4.89. The molecule has 4 heteroatoms. The summed E-state index contributed by atoms with van der Waals surface area (Å²) in [5.74, 6) is 3.47. The lowest BCUT2D eigenvalue weighted by atomic mass is 9.79. The first-order valence-electron chi connectivity index (χ1n) is 11.3. The van der Waals surface area contributed by atoms with Crippen LogP contribution in [0.4, 0.5) is 0 Å². The molecule has 0 spiro atoms. The number of aliphatic hydroxyl groups excluding tert-OH is 1. The summed E-state index contributed by atoms with van der Waals surface area (Å²) in [7, 11) is 1.71. The van der Waals surface area contributed by atoms with Crippen LogP contribution in [0.1, 0.15) is 78.4 Å². The number of fused-ring (bicyclic) bond motifs is 2. The predicted octanol–water partition coefficient (Wildman–Crippen LogP) is 4.81. The highest BCUT2D eigenvalue weighted by Gasteiger charge is 2.39. The van der Waals surface area contributed by atoms with Crippen LogP contribution < -0.4 is 14.8 Å². The van der Waals surface area contributed by atoms with E-state index in [0.717, 1.165) is 34.5 Å². The summed E-state index contributed by atoms with van der Waals surface area (Å²) in [5.41, 5.74) is 2.07. The minimum absolute atomic E-state index is 0.0871. The van der Waals surface area contributed by atoms with Crippen molar-refractivity contribution in [1.29, 1.82) is 0 Å². The number of methoxy groups -OCH3 is 1.